The second-order valence-corrected chi connectivity index (χ2v) is 2.51. The van der Waals surface area contributed by atoms with Crippen molar-refractivity contribution in [2.75, 3.05) is 0 Å². The van der Waals surface area contributed by atoms with Crippen LogP contribution in [0.3, 0.4) is 0 Å². The molecule has 1 heteroatoms. The molecule has 0 aromatic carbocycles. The molecule has 0 amide bonds. The van der Waals surface area contributed by atoms with Crippen molar-refractivity contribution in [2.24, 2.45) is 5.92 Å². The van der Waals surface area contributed by atoms with Gasteiger partial charge in [-0.05, 0) is 19.8 Å². The lowest BCUT2D eigenvalue weighted by Crippen LogP contribution is -2.26. The molecular weight excluding hydrogens is 88.1 g/mol. The Bertz CT molecular complexity index is 49.7. The van der Waals surface area contributed by atoms with Crippen LogP contribution in [0.15, 0.2) is 0 Å². The third kappa shape index (κ3) is 2.63. The van der Waals surface area contributed by atoms with Crippen LogP contribution in [0.5, 0.6) is 0 Å². The molecule has 0 heterocycles. The monoisotopic (exact) mass is 101 g/mol. The average molecular weight is 101 g/mol. The number of hydrogen-bond donors (Lipinski definition) is 1. The van der Waals surface area contributed by atoms with E-state index >= 15 is 0 Å². The van der Waals surface area contributed by atoms with Crippen LogP contribution in [0, 0.1) is 12.8 Å². The number of rotatable bonds is 1. The van der Waals surface area contributed by atoms with Crippen LogP contribution in [0.2, 0.25) is 0 Å². The first-order valence-corrected chi connectivity index (χ1v) is 2.52. The van der Waals surface area contributed by atoms with Gasteiger partial charge < -0.3 is 5.11 Å². The van der Waals surface area contributed by atoms with E-state index < -0.39 is 5.60 Å². The molecule has 1 atom stereocenters. The molecule has 0 aromatic heterocycles. The second-order valence-electron chi connectivity index (χ2n) is 2.51. The van der Waals surface area contributed by atoms with Gasteiger partial charge in [0, 0.05) is 0 Å². The number of aliphatic hydroxyl groups is 1. The highest BCUT2D eigenvalue weighted by atomic mass is 16.3. The summed E-state index contributed by atoms with van der Waals surface area (Å²) in [7, 11) is 0. The fraction of sp³-hybridized carbons (Fsp3) is 0.833. The van der Waals surface area contributed by atoms with Crippen LogP contribution in [0.4, 0.5) is 0 Å². The molecule has 1 radical (unpaired) electrons. The summed E-state index contributed by atoms with van der Waals surface area (Å²) in [4.78, 5) is 0. The molecule has 0 fully saturated rings. The van der Waals surface area contributed by atoms with Crippen LogP contribution >= 0.6 is 0 Å². The smallest absolute Gasteiger partial charge is 0.0643 e. The van der Waals surface area contributed by atoms with E-state index in [0.29, 0.717) is 0 Å². The molecule has 1 N–H and O–H groups in total. The summed E-state index contributed by atoms with van der Waals surface area (Å²) in [5.41, 5.74) is -0.750. The lowest BCUT2D eigenvalue weighted by Gasteiger charge is -2.20. The van der Waals surface area contributed by atoms with Crippen molar-refractivity contribution in [3.05, 3.63) is 6.92 Å². The number of hydrogen-bond acceptors (Lipinski definition) is 1. The van der Waals surface area contributed by atoms with E-state index in [9.17, 15) is 0 Å². The van der Waals surface area contributed by atoms with Crippen LogP contribution < -0.4 is 0 Å². The SMILES string of the molecule is [CH2]C(C)(O)C(C)C. The highest BCUT2D eigenvalue weighted by Gasteiger charge is 2.16. The van der Waals surface area contributed by atoms with Crippen LogP contribution in [-0.2, 0) is 0 Å². The maximum atomic E-state index is 8.98. The van der Waals surface area contributed by atoms with Gasteiger partial charge in [-0.25, -0.2) is 0 Å². The standard InChI is InChI=1S/C6H13O/c1-5(2)6(3,4)7/h5,7H,3H2,1-2,4H3. The first-order chi connectivity index (χ1) is 2.94. The van der Waals surface area contributed by atoms with E-state index in [4.69, 9.17) is 5.11 Å². The summed E-state index contributed by atoms with van der Waals surface area (Å²) < 4.78 is 0. The van der Waals surface area contributed by atoms with Gasteiger partial charge in [0.1, 0.15) is 0 Å². The van der Waals surface area contributed by atoms with E-state index in [-0.39, 0.29) is 5.92 Å². The van der Waals surface area contributed by atoms with Gasteiger partial charge in [0.05, 0.1) is 5.60 Å². The Morgan fingerprint density at radius 1 is 1.57 bits per heavy atom. The fourth-order valence-corrected chi connectivity index (χ4v) is 0. The van der Waals surface area contributed by atoms with E-state index in [1.807, 2.05) is 13.8 Å². The van der Waals surface area contributed by atoms with Gasteiger partial charge in [0.25, 0.3) is 0 Å². The van der Waals surface area contributed by atoms with Crippen LogP contribution in [-0.4, -0.2) is 10.7 Å². The molecule has 1 unspecified atom stereocenters. The maximum Gasteiger partial charge on any atom is 0.0643 e. The molecular formula is C6H13O. The van der Waals surface area contributed by atoms with Gasteiger partial charge in [-0.2, -0.15) is 0 Å². The van der Waals surface area contributed by atoms with Gasteiger partial charge in [0.15, 0.2) is 0 Å². The van der Waals surface area contributed by atoms with Gasteiger partial charge in [0.2, 0.25) is 0 Å². The first-order valence-electron chi connectivity index (χ1n) is 2.52. The van der Waals surface area contributed by atoms with E-state index in [1.54, 1.807) is 6.92 Å². The molecule has 0 spiro atoms. The molecule has 0 saturated carbocycles. The highest BCUT2D eigenvalue weighted by molar-refractivity contribution is 4.77. The van der Waals surface area contributed by atoms with Gasteiger partial charge in [-0.3, -0.25) is 0 Å². The highest BCUT2D eigenvalue weighted by Crippen LogP contribution is 2.12. The molecule has 43 valence electrons. The Labute approximate surface area is 45.4 Å². The zero-order valence-corrected chi connectivity index (χ0v) is 5.23. The Hall–Kier alpha value is -0.0400. The lowest BCUT2D eigenvalue weighted by molar-refractivity contribution is 0.0596. The van der Waals surface area contributed by atoms with Crippen molar-refractivity contribution >= 4 is 0 Å². The van der Waals surface area contributed by atoms with Crippen LogP contribution in [0.1, 0.15) is 20.8 Å². The molecule has 0 aliphatic rings. The Balaban J connectivity index is 3.54. The Morgan fingerprint density at radius 3 is 1.71 bits per heavy atom. The van der Waals surface area contributed by atoms with Gasteiger partial charge >= 0.3 is 0 Å². The Morgan fingerprint density at radius 2 is 1.71 bits per heavy atom. The van der Waals surface area contributed by atoms with Gasteiger partial charge in [-0.1, -0.05) is 13.8 Å². The zero-order valence-electron chi connectivity index (χ0n) is 5.23. The quantitative estimate of drug-likeness (QED) is 0.526. The molecule has 0 bridgehead atoms. The van der Waals surface area contributed by atoms with Gasteiger partial charge in [-0.15, -0.1) is 0 Å². The maximum absolute atomic E-state index is 8.98. The predicted molar refractivity (Wildman–Crippen MR) is 30.8 cm³/mol. The average Bonchev–Trinajstić information content (AvgIpc) is 1.31. The van der Waals surface area contributed by atoms with Crippen molar-refractivity contribution < 1.29 is 5.11 Å². The largest absolute Gasteiger partial charge is 0.390 e. The summed E-state index contributed by atoms with van der Waals surface area (Å²) in [6, 6.07) is 0. The van der Waals surface area contributed by atoms with E-state index in [2.05, 4.69) is 6.92 Å². The van der Waals surface area contributed by atoms with Crippen molar-refractivity contribution in [3.63, 3.8) is 0 Å². The molecule has 0 saturated heterocycles. The topological polar surface area (TPSA) is 20.2 Å². The molecule has 7 heavy (non-hydrogen) atoms. The first kappa shape index (κ1) is 6.96. The summed E-state index contributed by atoms with van der Waals surface area (Å²) >= 11 is 0. The zero-order chi connectivity index (χ0) is 6.08. The minimum Gasteiger partial charge on any atom is -0.390 e. The summed E-state index contributed by atoms with van der Waals surface area (Å²) in [5, 5.41) is 8.98. The summed E-state index contributed by atoms with van der Waals surface area (Å²) in [6.07, 6.45) is 0. The van der Waals surface area contributed by atoms with Crippen LogP contribution in [0.25, 0.3) is 0 Å². The van der Waals surface area contributed by atoms with Crippen molar-refractivity contribution in [2.45, 2.75) is 26.4 Å². The van der Waals surface area contributed by atoms with E-state index in [1.165, 1.54) is 0 Å². The van der Waals surface area contributed by atoms with Crippen molar-refractivity contribution in [1.29, 1.82) is 0 Å². The third-order valence-corrected chi connectivity index (χ3v) is 1.24. The predicted octanol–water partition coefficient (Wildman–Crippen LogP) is 1.23. The lowest BCUT2D eigenvalue weighted by atomic mass is 9.95. The molecule has 0 rings (SSSR count). The van der Waals surface area contributed by atoms with Crippen molar-refractivity contribution in [3.8, 4) is 0 Å². The molecule has 1 nitrogen and oxygen atoms in total. The summed E-state index contributed by atoms with van der Waals surface area (Å²) in [5.74, 6) is 0.243. The minimum absolute atomic E-state index is 0.243. The Kier molecular flexibility index (Phi) is 1.82. The summed E-state index contributed by atoms with van der Waals surface area (Å²) in [6.45, 7) is 9.11. The molecule has 0 aromatic rings. The minimum atomic E-state index is -0.750. The van der Waals surface area contributed by atoms with E-state index in [0.717, 1.165) is 0 Å². The normalized spacial score (nSPS) is 12.9. The molecule has 0 aliphatic carbocycles. The third-order valence-electron chi connectivity index (χ3n) is 1.24. The fourth-order valence-electron chi connectivity index (χ4n) is 0. The van der Waals surface area contributed by atoms with Crippen molar-refractivity contribution in [1.82, 2.24) is 0 Å². The molecule has 0 aliphatic heterocycles. The second kappa shape index (κ2) is 1.83.